The highest BCUT2D eigenvalue weighted by molar-refractivity contribution is 7.19. The molecule has 188 valence electrons. The number of nitrogens with one attached hydrogen (secondary N) is 2. The van der Waals surface area contributed by atoms with E-state index in [1.165, 1.54) is 88.4 Å². The van der Waals surface area contributed by atoms with Crippen molar-refractivity contribution in [2.24, 2.45) is 40.9 Å². The molecule has 4 bridgehead atoms. The Hall–Kier alpha value is -0.520. The Balaban J connectivity index is 1.40. The van der Waals surface area contributed by atoms with Crippen LogP contribution in [0.5, 0.6) is 0 Å². The maximum Gasteiger partial charge on any atom is 0.0182 e. The van der Waals surface area contributed by atoms with Gasteiger partial charge in [-0.2, -0.15) is 0 Å². The lowest BCUT2D eigenvalue weighted by atomic mass is 9.42. The van der Waals surface area contributed by atoms with Crippen LogP contribution in [0.3, 0.4) is 0 Å². The largest absolute Gasteiger partial charge is 0.316 e. The van der Waals surface area contributed by atoms with Gasteiger partial charge in [-0.3, -0.25) is 0 Å². The Morgan fingerprint density at radius 2 is 1.66 bits per heavy atom. The van der Waals surface area contributed by atoms with Gasteiger partial charge in [-0.05, 0) is 147 Å². The average molecular weight is 507 g/mol. The van der Waals surface area contributed by atoms with E-state index in [2.05, 4.69) is 65.6 Å². The van der Waals surface area contributed by atoms with Crippen molar-refractivity contribution >= 4 is 18.5 Å². The molecule has 4 heteroatoms. The molecule has 2 heterocycles. The van der Waals surface area contributed by atoms with Gasteiger partial charge in [0.05, 0.1) is 0 Å². The number of rotatable bonds is 5. The third kappa shape index (κ3) is 3.64. The molecule has 0 spiro atoms. The molecule has 0 aromatic carbocycles. The van der Waals surface area contributed by atoms with Gasteiger partial charge in [-0.15, -0.1) is 18.5 Å². The molecule has 0 aromatic rings. The molecule has 6 aliphatic carbocycles. The van der Waals surface area contributed by atoms with E-state index in [9.17, 15) is 0 Å². The zero-order valence-electron chi connectivity index (χ0n) is 21.3. The van der Waals surface area contributed by atoms with E-state index in [4.69, 9.17) is 0 Å². The van der Waals surface area contributed by atoms with Crippen LogP contribution >= 0.6 is 18.5 Å². The molecule has 8 aliphatic rings. The fourth-order valence-electron chi connectivity index (χ4n) is 10.1. The van der Waals surface area contributed by atoms with Crippen molar-refractivity contribution in [1.29, 1.82) is 0 Å². The Labute approximate surface area is 217 Å². The summed E-state index contributed by atoms with van der Waals surface area (Å²) in [7, 11) is 6.76. The third-order valence-electron chi connectivity index (χ3n) is 11.4. The lowest BCUT2D eigenvalue weighted by Crippen LogP contribution is -2.55. The molecule has 8 rings (SSSR count). The zero-order valence-corrected chi connectivity index (χ0v) is 23.6. The van der Waals surface area contributed by atoms with Crippen LogP contribution in [0, 0.1) is 40.9 Å². The van der Waals surface area contributed by atoms with Crippen LogP contribution in [0.25, 0.3) is 0 Å². The van der Waals surface area contributed by atoms with Crippen molar-refractivity contribution in [3.05, 3.63) is 58.7 Å². The normalized spacial score (nSPS) is 45.8. The first-order valence-corrected chi connectivity index (χ1v) is 15.9. The molecule has 2 aliphatic heterocycles. The third-order valence-corrected chi connectivity index (χ3v) is 13.2. The van der Waals surface area contributed by atoms with Gasteiger partial charge in [0, 0.05) is 5.16 Å². The van der Waals surface area contributed by atoms with Crippen molar-refractivity contribution in [2.45, 2.75) is 56.5 Å². The molecular weight excluding hydrogens is 462 g/mol. The Kier molecular flexibility index (Phi) is 6.10. The van der Waals surface area contributed by atoms with E-state index >= 15 is 0 Å². The molecule has 6 fully saturated rings. The quantitative estimate of drug-likeness (QED) is 0.460. The Morgan fingerprint density at radius 3 is 2.23 bits per heavy atom. The van der Waals surface area contributed by atoms with Crippen molar-refractivity contribution in [3.63, 3.8) is 0 Å². The predicted octanol–water partition coefficient (Wildman–Crippen LogP) is 5.82. The van der Waals surface area contributed by atoms with Crippen molar-refractivity contribution in [1.82, 2.24) is 10.6 Å². The first-order valence-electron chi connectivity index (χ1n) is 14.5. The first kappa shape index (κ1) is 23.6. The fraction of sp³-hybridized carbons (Fsp3) is 0.677. The standard InChI is InChI=1S/C31H44N2P2/c34-19-29-24-11-20-10-21(12-24)16-30(29,15-20)27-13-23(22-4-2-1-3-5-22)14-28(27)31(35,25-6-8-32-17-25)26-7-9-33-18-26/h1-4,13-14,20-21,24-26,29,32-33H,5-12,15-19,34-35H2. The van der Waals surface area contributed by atoms with Crippen LogP contribution in [-0.4, -0.2) is 37.5 Å². The van der Waals surface area contributed by atoms with Crippen LogP contribution in [0.1, 0.15) is 51.4 Å². The zero-order chi connectivity index (χ0) is 23.6. The van der Waals surface area contributed by atoms with E-state index < -0.39 is 0 Å². The van der Waals surface area contributed by atoms with E-state index in [0.717, 1.165) is 30.1 Å². The summed E-state index contributed by atoms with van der Waals surface area (Å²) in [5, 5.41) is 7.68. The second-order valence-electron chi connectivity index (χ2n) is 13.0. The number of hydrogen-bond donors (Lipinski definition) is 2. The Morgan fingerprint density at radius 1 is 0.943 bits per heavy atom. The van der Waals surface area contributed by atoms with Gasteiger partial charge in [-0.1, -0.05) is 36.5 Å². The molecule has 4 saturated carbocycles. The van der Waals surface area contributed by atoms with Crippen molar-refractivity contribution in [2.75, 3.05) is 32.3 Å². The van der Waals surface area contributed by atoms with E-state index in [0.29, 0.717) is 17.3 Å². The van der Waals surface area contributed by atoms with Crippen molar-refractivity contribution in [3.8, 4) is 0 Å². The molecule has 2 N–H and O–H groups in total. The molecular formula is C31H44N2P2. The van der Waals surface area contributed by atoms with Crippen LogP contribution < -0.4 is 10.6 Å². The minimum Gasteiger partial charge on any atom is -0.316 e. The maximum atomic E-state index is 3.75. The summed E-state index contributed by atoms with van der Waals surface area (Å²) in [4.78, 5) is 0. The smallest absolute Gasteiger partial charge is 0.0182 e. The second kappa shape index (κ2) is 9.05. The van der Waals surface area contributed by atoms with Gasteiger partial charge >= 0.3 is 0 Å². The van der Waals surface area contributed by atoms with Crippen LogP contribution in [0.4, 0.5) is 0 Å². The number of hydrogen-bond acceptors (Lipinski definition) is 2. The SMILES string of the molecule is PCC1C2CC3CC(C2)CC1(C1=CC(=C2C=CC=CC2)C=C1C(P)(C1CCNC1)C1CCNC1)C3. The molecule has 35 heavy (non-hydrogen) atoms. The van der Waals surface area contributed by atoms with E-state index in [1.54, 1.807) is 11.1 Å². The Bertz CT molecular complexity index is 971. The summed E-state index contributed by atoms with van der Waals surface area (Å²) in [5.74, 6) is 5.16. The van der Waals surface area contributed by atoms with Gasteiger partial charge in [0.15, 0.2) is 0 Å². The summed E-state index contributed by atoms with van der Waals surface area (Å²) in [6.07, 6.45) is 27.0. The fourth-order valence-corrected chi connectivity index (χ4v) is 11.7. The summed E-state index contributed by atoms with van der Waals surface area (Å²) in [6.45, 7) is 4.71. The van der Waals surface area contributed by atoms with Crippen LogP contribution in [0.2, 0.25) is 0 Å². The maximum absolute atomic E-state index is 3.75. The molecule has 7 atom stereocenters. The van der Waals surface area contributed by atoms with Crippen molar-refractivity contribution < 1.29 is 0 Å². The molecule has 0 amide bonds. The molecule has 2 saturated heterocycles. The summed E-state index contributed by atoms with van der Waals surface area (Å²) in [5.41, 5.74) is 6.98. The van der Waals surface area contributed by atoms with Crippen LogP contribution in [0.15, 0.2) is 58.7 Å². The monoisotopic (exact) mass is 506 g/mol. The first-order chi connectivity index (χ1) is 17.1. The molecule has 7 unspecified atom stereocenters. The van der Waals surface area contributed by atoms with E-state index in [1.807, 2.05) is 0 Å². The highest BCUT2D eigenvalue weighted by Gasteiger charge is 2.60. The second-order valence-corrected chi connectivity index (χ2v) is 14.4. The lowest BCUT2D eigenvalue weighted by molar-refractivity contribution is -0.0770. The predicted molar refractivity (Wildman–Crippen MR) is 155 cm³/mol. The number of allylic oxidation sites excluding steroid dienone is 10. The summed E-state index contributed by atoms with van der Waals surface area (Å²) >= 11 is 0. The van der Waals surface area contributed by atoms with Gasteiger partial charge in [0.2, 0.25) is 0 Å². The summed E-state index contributed by atoms with van der Waals surface area (Å²) in [6, 6.07) is 0. The highest BCUT2D eigenvalue weighted by Crippen LogP contribution is 2.69. The summed E-state index contributed by atoms with van der Waals surface area (Å²) < 4.78 is 0. The van der Waals surface area contributed by atoms with Gasteiger partial charge in [-0.25, -0.2) is 0 Å². The molecule has 0 radical (unpaired) electrons. The molecule has 2 nitrogen and oxygen atoms in total. The van der Waals surface area contributed by atoms with Gasteiger partial charge < -0.3 is 10.6 Å². The topological polar surface area (TPSA) is 24.1 Å². The highest BCUT2D eigenvalue weighted by atomic mass is 31.0. The van der Waals surface area contributed by atoms with Crippen LogP contribution in [-0.2, 0) is 0 Å². The van der Waals surface area contributed by atoms with Gasteiger partial charge in [0.1, 0.15) is 0 Å². The molecule has 0 aromatic heterocycles. The minimum absolute atomic E-state index is 0.171. The van der Waals surface area contributed by atoms with E-state index in [-0.39, 0.29) is 5.16 Å². The minimum atomic E-state index is 0.171. The lowest BCUT2D eigenvalue weighted by Gasteiger charge is -2.63. The average Bonchev–Trinajstić information content (AvgIpc) is 3.66. The van der Waals surface area contributed by atoms with Gasteiger partial charge in [0.25, 0.3) is 0 Å².